The molecule has 0 bridgehead atoms. The average molecular weight is 270 g/mol. The lowest BCUT2D eigenvalue weighted by molar-refractivity contribution is 0.926. The van der Waals surface area contributed by atoms with Crippen molar-refractivity contribution in [2.45, 2.75) is 47.0 Å². The number of nitrogens with zero attached hydrogens (tertiary/aromatic N) is 1. The van der Waals surface area contributed by atoms with Gasteiger partial charge in [0.05, 0.1) is 0 Å². The van der Waals surface area contributed by atoms with Crippen molar-refractivity contribution in [1.29, 1.82) is 0 Å². The molecule has 0 saturated heterocycles. The summed E-state index contributed by atoms with van der Waals surface area (Å²) in [4.78, 5) is 4.65. The van der Waals surface area contributed by atoms with E-state index in [4.69, 9.17) is 0 Å². The number of rotatable bonds is 7. The van der Waals surface area contributed by atoms with Crippen LogP contribution >= 0.6 is 0 Å². The fraction of sp³-hybridized carbons (Fsp3) is 0.389. The smallest absolute Gasteiger partial charge is 0.123 e. The van der Waals surface area contributed by atoms with Crippen LogP contribution in [0.5, 0.6) is 0 Å². The van der Waals surface area contributed by atoms with Crippen LogP contribution in [0, 0.1) is 6.92 Å². The largest absolute Gasteiger partial charge is 0.341 e. The molecule has 2 heteroatoms. The maximum Gasteiger partial charge on any atom is 0.123 e. The van der Waals surface area contributed by atoms with Crippen molar-refractivity contribution in [3.8, 4) is 0 Å². The van der Waals surface area contributed by atoms with Gasteiger partial charge >= 0.3 is 0 Å². The van der Waals surface area contributed by atoms with E-state index in [1.54, 1.807) is 0 Å². The van der Waals surface area contributed by atoms with Gasteiger partial charge in [0.15, 0.2) is 0 Å². The summed E-state index contributed by atoms with van der Waals surface area (Å²) in [5.41, 5.74) is 4.72. The van der Waals surface area contributed by atoms with Crippen molar-refractivity contribution in [3.63, 3.8) is 0 Å². The molecule has 0 saturated carbocycles. The lowest BCUT2D eigenvalue weighted by Crippen LogP contribution is -2.05. The number of aliphatic imine (C=N–C) groups is 1. The van der Waals surface area contributed by atoms with E-state index >= 15 is 0 Å². The van der Waals surface area contributed by atoms with E-state index in [9.17, 15) is 0 Å². The van der Waals surface area contributed by atoms with Crippen LogP contribution in [0.1, 0.15) is 45.6 Å². The second-order valence-electron chi connectivity index (χ2n) is 4.91. The topological polar surface area (TPSA) is 24.4 Å². The molecule has 20 heavy (non-hydrogen) atoms. The molecule has 1 aromatic rings. The molecule has 1 rings (SSSR count). The van der Waals surface area contributed by atoms with Crippen molar-refractivity contribution in [1.82, 2.24) is 0 Å². The third-order valence-electron chi connectivity index (χ3n) is 3.18. The minimum Gasteiger partial charge on any atom is -0.341 e. The number of aryl methyl sites for hydroxylation is 1. The molecule has 2 nitrogen and oxygen atoms in total. The molecule has 0 fully saturated rings. The first kappa shape index (κ1) is 16.2. The zero-order valence-corrected chi connectivity index (χ0v) is 13.2. The third-order valence-corrected chi connectivity index (χ3v) is 3.18. The van der Waals surface area contributed by atoms with Crippen LogP contribution in [-0.4, -0.2) is 5.71 Å². The predicted molar refractivity (Wildman–Crippen MR) is 90.3 cm³/mol. The highest BCUT2D eigenvalue weighted by Gasteiger charge is 2.04. The highest BCUT2D eigenvalue weighted by Crippen LogP contribution is 2.15. The molecule has 1 aromatic carbocycles. The molecule has 0 unspecified atom stereocenters. The number of benzene rings is 1. The van der Waals surface area contributed by atoms with Gasteiger partial charge in [0.25, 0.3) is 0 Å². The van der Waals surface area contributed by atoms with E-state index in [1.165, 1.54) is 11.1 Å². The fourth-order valence-electron chi connectivity index (χ4n) is 2.10. The lowest BCUT2D eigenvalue weighted by atomic mass is 10.0. The average Bonchev–Trinajstić information content (AvgIpc) is 2.45. The van der Waals surface area contributed by atoms with Crippen molar-refractivity contribution < 1.29 is 0 Å². The molecular formula is C18H26N2. The number of hydrogen-bond acceptors (Lipinski definition) is 2. The molecule has 0 aliphatic heterocycles. The molecule has 0 aliphatic rings. The SMILES string of the molecule is C=C(/N=C(CC)\C(=C/C)CCC)Nc1ccc(C)cc1. The lowest BCUT2D eigenvalue weighted by Gasteiger charge is -2.11. The molecular weight excluding hydrogens is 244 g/mol. The van der Waals surface area contributed by atoms with Gasteiger partial charge in [-0.3, -0.25) is 0 Å². The summed E-state index contributed by atoms with van der Waals surface area (Å²) in [6.45, 7) is 12.5. The summed E-state index contributed by atoms with van der Waals surface area (Å²) in [6, 6.07) is 8.25. The van der Waals surface area contributed by atoms with Crippen LogP contribution in [0.3, 0.4) is 0 Å². The van der Waals surface area contributed by atoms with Gasteiger partial charge in [0.1, 0.15) is 5.82 Å². The summed E-state index contributed by atoms with van der Waals surface area (Å²) in [5, 5.41) is 3.25. The van der Waals surface area contributed by atoms with Crippen LogP contribution in [-0.2, 0) is 0 Å². The quantitative estimate of drug-likeness (QED) is 0.652. The molecule has 108 valence electrons. The molecule has 0 amide bonds. The summed E-state index contributed by atoms with van der Waals surface area (Å²) in [6.07, 6.45) is 5.29. The number of hydrogen-bond donors (Lipinski definition) is 1. The summed E-state index contributed by atoms with van der Waals surface area (Å²) < 4.78 is 0. The van der Waals surface area contributed by atoms with Gasteiger partial charge in [0.2, 0.25) is 0 Å². The molecule has 0 heterocycles. The van der Waals surface area contributed by atoms with Crippen LogP contribution < -0.4 is 5.32 Å². The van der Waals surface area contributed by atoms with Gasteiger partial charge in [0, 0.05) is 11.4 Å². The van der Waals surface area contributed by atoms with Crippen LogP contribution in [0.15, 0.2) is 53.3 Å². The van der Waals surface area contributed by atoms with Gasteiger partial charge in [-0.1, -0.05) is 50.6 Å². The molecule has 0 atom stereocenters. The summed E-state index contributed by atoms with van der Waals surface area (Å²) >= 11 is 0. The van der Waals surface area contributed by atoms with Crippen molar-refractivity contribution in [3.05, 3.63) is 53.9 Å². The number of anilines is 1. The van der Waals surface area contributed by atoms with Gasteiger partial charge in [-0.2, -0.15) is 0 Å². The first-order chi connectivity index (χ1) is 9.60. The number of allylic oxidation sites excluding steroid dienone is 2. The Kier molecular flexibility index (Phi) is 6.78. The standard InChI is InChI=1S/C18H26N2/c1-6-9-16(7-2)18(8-3)20-15(5)19-17-12-10-14(4)11-13-17/h7,10-13,19H,5-6,8-9H2,1-4H3/b16-7-,20-18-. The van der Waals surface area contributed by atoms with E-state index in [1.807, 2.05) is 12.1 Å². The van der Waals surface area contributed by atoms with Gasteiger partial charge in [-0.05, 0) is 44.4 Å². The molecule has 0 spiro atoms. The Bertz CT molecular complexity index is 493. The Hall–Kier alpha value is -1.83. The third kappa shape index (κ3) is 5.04. The summed E-state index contributed by atoms with van der Waals surface area (Å²) in [7, 11) is 0. The first-order valence-electron chi connectivity index (χ1n) is 7.36. The maximum absolute atomic E-state index is 4.65. The molecule has 0 aliphatic carbocycles. The van der Waals surface area contributed by atoms with Gasteiger partial charge < -0.3 is 5.32 Å². The molecule has 0 radical (unpaired) electrons. The first-order valence-corrected chi connectivity index (χ1v) is 7.36. The van der Waals surface area contributed by atoms with Gasteiger partial charge in [-0.25, -0.2) is 4.99 Å². The maximum atomic E-state index is 4.65. The minimum atomic E-state index is 0.696. The van der Waals surface area contributed by atoms with Crippen LogP contribution in [0.25, 0.3) is 0 Å². The Morgan fingerprint density at radius 2 is 1.90 bits per heavy atom. The van der Waals surface area contributed by atoms with Crippen molar-refractivity contribution in [2.75, 3.05) is 5.32 Å². The highest BCUT2D eigenvalue weighted by atomic mass is 15.0. The monoisotopic (exact) mass is 270 g/mol. The Morgan fingerprint density at radius 3 is 2.40 bits per heavy atom. The van der Waals surface area contributed by atoms with E-state index in [0.29, 0.717) is 5.82 Å². The molecule has 1 N–H and O–H groups in total. The Morgan fingerprint density at radius 1 is 1.25 bits per heavy atom. The van der Waals surface area contributed by atoms with Crippen LogP contribution in [0.4, 0.5) is 5.69 Å². The highest BCUT2D eigenvalue weighted by molar-refractivity contribution is 6.00. The van der Waals surface area contributed by atoms with Crippen LogP contribution in [0.2, 0.25) is 0 Å². The van der Waals surface area contributed by atoms with Crippen molar-refractivity contribution in [2.24, 2.45) is 4.99 Å². The second kappa shape index (κ2) is 8.36. The van der Waals surface area contributed by atoms with E-state index in [-0.39, 0.29) is 0 Å². The minimum absolute atomic E-state index is 0.696. The Labute approximate surface area is 123 Å². The predicted octanol–water partition coefficient (Wildman–Crippen LogP) is 5.48. The van der Waals surface area contributed by atoms with E-state index in [0.717, 1.165) is 30.7 Å². The van der Waals surface area contributed by atoms with E-state index in [2.05, 4.69) is 62.8 Å². The zero-order chi connectivity index (χ0) is 15.0. The zero-order valence-electron chi connectivity index (χ0n) is 13.2. The Balaban J connectivity index is 2.79. The van der Waals surface area contributed by atoms with Crippen molar-refractivity contribution >= 4 is 11.4 Å². The summed E-state index contributed by atoms with van der Waals surface area (Å²) in [5.74, 6) is 0.696. The molecule has 0 aromatic heterocycles. The second-order valence-corrected chi connectivity index (χ2v) is 4.91. The normalized spacial score (nSPS) is 12.4. The van der Waals surface area contributed by atoms with Gasteiger partial charge in [-0.15, -0.1) is 0 Å². The number of nitrogens with one attached hydrogen (secondary N) is 1. The van der Waals surface area contributed by atoms with E-state index < -0.39 is 0 Å². The fourth-order valence-corrected chi connectivity index (χ4v) is 2.10.